The van der Waals surface area contributed by atoms with Gasteiger partial charge in [-0.05, 0) is 23.5 Å². The first-order valence-corrected chi connectivity index (χ1v) is 9.96. The molecule has 0 amide bonds. The first-order valence-electron chi connectivity index (χ1n) is 9.96. The largest absolute Gasteiger partial charge is 0.380 e. The van der Waals surface area contributed by atoms with E-state index in [1.165, 1.54) is 17.5 Å². The van der Waals surface area contributed by atoms with Gasteiger partial charge in [-0.15, -0.1) is 0 Å². The van der Waals surface area contributed by atoms with E-state index < -0.39 is 0 Å². The fraction of sp³-hybridized carbons (Fsp3) is 0.667. The summed E-state index contributed by atoms with van der Waals surface area (Å²) in [4.78, 5) is 6.93. The van der Waals surface area contributed by atoms with E-state index in [0.29, 0.717) is 18.6 Å². The van der Waals surface area contributed by atoms with Crippen LogP contribution in [0, 0.1) is 5.92 Å². The summed E-state index contributed by atoms with van der Waals surface area (Å²) in [5, 5.41) is 6.96. The highest BCUT2D eigenvalue weighted by Gasteiger charge is 2.22. The number of methoxy groups -OCH3 is 1. The van der Waals surface area contributed by atoms with Gasteiger partial charge in [0.25, 0.3) is 0 Å². The van der Waals surface area contributed by atoms with Gasteiger partial charge < -0.3 is 20.1 Å². The number of nitrogens with zero attached hydrogens (tertiary/aromatic N) is 2. The minimum absolute atomic E-state index is 0.494. The van der Waals surface area contributed by atoms with Crippen LogP contribution in [-0.2, 0) is 22.6 Å². The zero-order chi connectivity index (χ0) is 19.5. The molecule has 0 spiro atoms. The number of aliphatic imine (C=N–C) groups is 1. The van der Waals surface area contributed by atoms with Crippen LogP contribution in [0.4, 0.5) is 0 Å². The molecule has 152 valence electrons. The van der Waals surface area contributed by atoms with E-state index >= 15 is 0 Å². The molecule has 1 aromatic rings. The number of morpholine rings is 1. The number of nitrogens with one attached hydrogen (secondary N) is 2. The van der Waals surface area contributed by atoms with Crippen molar-refractivity contribution in [2.45, 2.75) is 39.5 Å². The Balaban J connectivity index is 1.89. The van der Waals surface area contributed by atoms with Crippen LogP contribution < -0.4 is 10.6 Å². The molecule has 1 saturated heterocycles. The Bertz CT molecular complexity index is 571. The lowest BCUT2D eigenvalue weighted by Gasteiger charge is -2.35. The lowest BCUT2D eigenvalue weighted by Crippen LogP contribution is -2.51. The van der Waals surface area contributed by atoms with E-state index in [1.54, 1.807) is 7.11 Å². The summed E-state index contributed by atoms with van der Waals surface area (Å²) in [6, 6.07) is 8.83. The van der Waals surface area contributed by atoms with E-state index in [1.807, 2.05) is 13.1 Å². The van der Waals surface area contributed by atoms with Crippen molar-refractivity contribution in [1.82, 2.24) is 15.5 Å². The molecule has 1 atom stereocenters. The van der Waals surface area contributed by atoms with E-state index in [-0.39, 0.29) is 0 Å². The lowest BCUT2D eigenvalue weighted by molar-refractivity contribution is 0.0132. The lowest BCUT2D eigenvalue weighted by atomic mass is 10.0. The molecule has 0 radical (unpaired) electrons. The molecule has 0 aliphatic carbocycles. The number of benzene rings is 1. The fourth-order valence-corrected chi connectivity index (χ4v) is 3.49. The minimum Gasteiger partial charge on any atom is -0.380 e. The quantitative estimate of drug-likeness (QED) is 0.511. The first-order chi connectivity index (χ1) is 13.1. The molecule has 1 heterocycles. The second-order valence-corrected chi connectivity index (χ2v) is 7.44. The van der Waals surface area contributed by atoms with Gasteiger partial charge in [-0.1, -0.05) is 38.1 Å². The molecule has 1 aromatic carbocycles. The van der Waals surface area contributed by atoms with Gasteiger partial charge in [0.15, 0.2) is 5.96 Å². The zero-order valence-corrected chi connectivity index (χ0v) is 17.3. The monoisotopic (exact) mass is 376 g/mol. The summed E-state index contributed by atoms with van der Waals surface area (Å²) in [5.74, 6) is 1.50. The van der Waals surface area contributed by atoms with Crippen molar-refractivity contribution in [3.05, 3.63) is 35.4 Å². The Morgan fingerprint density at radius 3 is 2.52 bits per heavy atom. The minimum atomic E-state index is 0.494. The average Bonchev–Trinajstić information content (AvgIpc) is 2.69. The topological polar surface area (TPSA) is 58.1 Å². The Labute approximate surface area is 164 Å². The molecule has 0 saturated carbocycles. The summed E-state index contributed by atoms with van der Waals surface area (Å²) in [5.41, 5.74) is 2.43. The molecule has 1 unspecified atom stereocenters. The predicted molar refractivity (Wildman–Crippen MR) is 111 cm³/mol. The van der Waals surface area contributed by atoms with Gasteiger partial charge in [0.1, 0.15) is 0 Å². The third-order valence-corrected chi connectivity index (χ3v) is 4.90. The van der Waals surface area contributed by atoms with Crippen LogP contribution in [0.5, 0.6) is 0 Å². The highest BCUT2D eigenvalue weighted by molar-refractivity contribution is 5.79. The number of guanidine groups is 1. The van der Waals surface area contributed by atoms with Crippen LogP contribution in [0.2, 0.25) is 0 Å². The van der Waals surface area contributed by atoms with Gasteiger partial charge in [-0.25, -0.2) is 0 Å². The van der Waals surface area contributed by atoms with Crippen molar-refractivity contribution in [3.63, 3.8) is 0 Å². The maximum atomic E-state index is 5.51. The Hall–Kier alpha value is -1.63. The SMILES string of the molecule is CN=C(NCc1ccccc1COC)NCC(CC(C)C)N1CCOCC1. The van der Waals surface area contributed by atoms with Crippen molar-refractivity contribution < 1.29 is 9.47 Å². The molecule has 2 rings (SSSR count). The van der Waals surface area contributed by atoms with Crippen molar-refractivity contribution in [3.8, 4) is 0 Å². The smallest absolute Gasteiger partial charge is 0.191 e. The third kappa shape index (κ3) is 7.48. The summed E-state index contributed by atoms with van der Waals surface area (Å²) in [6.07, 6.45) is 1.17. The van der Waals surface area contributed by atoms with Crippen LogP contribution in [0.25, 0.3) is 0 Å². The van der Waals surface area contributed by atoms with E-state index in [2.05, 4.69) is 52.6 Å². The number of hydrogen-bond donors (Lipinski definition) is 2. The third-order valence-electron chi connectivity index (χ3n) is 4.90. The predicted octanol–water partition coefficient (Wildman–Crippen LogP) is 2.24. The Kier molecular flexibility index (Phi) is 9.59. The van der Waals surface area contributed by atoms with Crippen LogP contribution >= 0.6 is 0 Å². The van der Waals surface area contributed by atoms with Crippen LogP contribution in [0.3, 0.4) is 0 Å². The second kappa shape index (κ2) is 12.0. The van der Waals surface area contributed by atoms with Gasteiger partial charge in [-0.2, -0.15) is 0 Å². The Morgan fingerprint density at radius 1 is 1.19 bits per heavy atom. The van der Waals surface area contributed by atoms with Crippen molar-refractivity contribution in [1.29, 1.82) is 0 Å². The van der Waals surface area contributed by atoms with Crippen LogP contribution in [0.15, 0.2) is 29.3 Å². The number of rotatable bonds is 9. The van der Waals surface area contributed by atoms with E-state index in [4.69, 9.17) is 9.47 Å². The summed E-state index contributed by atoms with van der Waals surface area (Å²) >= 11 is 0. The van der Waals surface area contributed by atoms with Gasteiger partial charge in [0.2, 0.25) is 0 Å². The standard InChI is InChI=1S/C21H36N4O2/c1-17(2)13-20(25-9-11-27-12-10-25)15-24-21(22-3)23-14-18-7-5-6-8-19(18)16-26-4/h5-8,17,20H,9-16H2,1-4H3,(H2,22,23,24). The molecule has 6 heteroatoms. The Morgan fingerprint density at radius 2 is 1.89 bits per heavy atom. The molecule has 1 aliphatic rings. The highest BCUT2D eigenvalue weighted by Crippen LogP contribution is 2.13. The zero-order valence-electron chi connectivity index (χ0n) is 17.3. The van der Waals surface area contributed by atoms with E-state index in [0.717, 1.165) is 45.4 Å². The molecule has 1 fully saturated rings. The maximum Gasteiger partial charge on any atom is 0.191 e. The van der Waals surface area contributed by atoms with E-state index in [9.17, 15) is 0 Å². The molecular weight excluding hydrogens is 340 g/mol. The summed E-state index contributed by atoms with van der Waals surface area (Å²) < 4.78 is 10.8. The van der Waals surface area contributed by atoms with Crippen molar-refractivity contribution >= 4 is 5.96 Å². The highest BCUT2D eigenvalue weighted by atomic mass is 16.5. The van der Waals surface area contributed by atoms with Gasteiger partial charge in [0, 0.05) is 46.4 Å². The van der Waals surface area contributed by atoms with Crippen LogP contribution in [-0.4, -0.2) is 63.9 Å². The molecular formula is C21H36N4O2. The van der Waals surface area contributed by atoms with Crippen molar-refractivity contribution in [2.75, 3.05) is 47.0 Å². The fourth-order valence-electron chi connectivity index (χ4n) is 3.49. The number of hydrogen-bond acceptors (Lipinski definition) is 4. The second-order valence-electron chi connectivity index (χ2n) is 7.44. The molecule has 1 aliphatic heterocycles. The summed E-state index contributed by atoms with van der Waals surface area (Å²) in [7, 11) is 3.55. The van der Waals surface area contributed by atoms with Crippen LogP contribution in [0.1, 0.15) is 31.4 Å². The molecule has 0 aromatic heterocycles. The number of ether oxygens (including phenoxy) is 2. The normalized spacial score (nSPS) is 17.1. The first kappa shape index (κ1) is 21.7. The van der Waals surface area contributed by atoms with Crippen molar-refractivity contribution in [2.24, 2.45) is 10.9 Å². The van der Waals surface area contributed by atoms with Gasteiger partial charge in [0.05, 0.1) is 19.8 Å². The van der Waals surface area contributed by atoms with Gasteiger partial charge >= 0.3 is 0 Å². The molecule has 0 bridgehead atoms. The molecule has 2 N–H and O–H groups in total. The molecule has 6 nitrogen and oxygen atoms in total. The average molecular weight is 377 g/mol. The summed E-state index contributed by atoms with van der Waals surface area (Å²) in [6.45, 7) is 10.5. The van der Waals surface area contributed by atoms with Gasteiger partial charge in [-0.3, -0.25) is 9.89 Å². The maximum absolute atomic E-state index is 5.51. The molecule has 27 heavy (non-hydrogen) atoms.